The molecule has 2 aromatic heterocycles. The van der Waals surface area contributed by atoms with Crippen molar-refractivity contribution in [2.45, 2.75) is 6.36 Å². The van der Waals surface area contributed by atoms with Gasteiger partial charge in [0.25, 0.3) is 5.91 Å². The molecular weight excluding hydrogens is 429 g/mol. The Labute approximate surface area is 177 Å². The maximum absolute atomic E-state index is 12.6. The highest BCUT2D eigenvalue weighted by atomic mass is 19.4. The number of aromatic nitrogens is 3. The minimum atomic E-state index is -4.83. The normalized spacial score (nSPS) is 11.3. The van der Waals surface area contributed by atoms with Crippen molar-refractivity contribution in [1.29, 1.82) is 0 Å². The zero-order valence-electron chi connectivity index (χ0n) is 16.0. The van der Waals surface area contributed by atoms with Gasteiger partial charge in [-0.05, 0) is 35.9 Å². The van der Waals surface area contributed by atoms with Crippen LogP contribution in [-0.4, -0.2) is 38.3 Å². The number of carboxylic acid groups (broad SMARTS) is 1. The first-order chi connectivity index (χ1) is 15.2. The average Bonchev–Trinajstić information content (AvgIpc) is 3.15. The second-order valence-electron chi connectivity index (χ2n) is 6.58. The number of amides is 1. The van der Waals surface area contributed by atoms with Gasteiger partial charge in [-0.1, -0.05) is 18.2 Å². The summed E-state index contributed by atoms with van der Waals surface area (Å²) in [6.07, 6.45) is -2.16. The number of hydrogen-bond acceptors (Lipinski definition) is 5. The van der Waals surface area contributed by atoms with Crippen molar-refractivity contribution >= 4 is 28.9 Å². The summed E-state index contributed by atoms with van der Waals surface area (Å²) >= 11 is 0. The largest absolute Gasteiger partial charge is 0.573 e. The lowest BCUT2D eigenvalue weighted by atomic mass is 10.1. The number of aromatic carboxylic acids is 1. The molecule has 0 fully saturated rings. The van der Waals surface area contributed by atoms with Gasteiger partial charge in [0.1, 0.15) is 11.3 Å². The molecule has 0 spiro atoms. The van der Waals surface area contributed by atoms with E-state index in [1.807, 2.05) is 0 Å². The quantitative estimate of drug-likeness (QED) is 0.420. The zero-order chi connectivity index (χ0) is 22.9. The Morgan fingerprint density at radius 2 is 1.81 bits per heavy atom. The molecule has 0 unspecified atom stereocenters. The Bertz CT molecular complexity index is 1330. The number of aromatic amines is 1. The van der Waals surface area contributed by atoms with Crippen LogP contribution in [0.5, 0.6) is 5.75 Å². The Kier molecular flexibility index (Phi) is 5.23. The Morgan fingerprint density at radius 1 is 1.03 bits per heavy atom. The van der Waals surface area contributed by atoms with Crippen molar-refractivity contribution in [3.8, 4) is 16.9 Å². The molecule has 0 saturated carbocycles. The minimum absolute atomic E-state index is 0.0242. The standard InChI is InChI=1S/C21H13F3N4O4/c22-21(23,24)32-14-4-1-3-11(8-14)12-7-13(10-25-9-12)18(29)28-20-26-16-6-2-5-15(19(30)31)17(16)27-20/h1-10H,(H,30,31)(H2,26,27,28,29). The lowest BCUT2D eigenvalue weighted by Gasteiger charge is -2.10. The number of para-hydroxylation sites is 1. The monoisotopic (exact) mass is 442 g/mol. The van der Waals surface area contributed by atoms with Gasteiger partial charge >= 0.3 is 12.3 Å². The highest BCUT2D eigenvalue weighted by Crippen LogP contribution is 2.28. The molecule has 0 aliphatic rings. The van der Waals surface area contributed by atoms with Crippen LogP contribution >= 0.6 is 0 Å². The molecule has 0 atom stereocenters. The molecule has 4 rings (SSSR count). The van der Waals surface area contributed by atoms with Crippen LogP contribution in [0.25, 0.3) is 22.2 Å². The summed E-state index contributed by atoms with van der Waals surface area (Å²) in [4.78, 5) is 34.9. The molecule has 2 heterocycles. The van der Waals surface area contributed by atoms with E-state index in [0.717, 1.165) is 6.07 Å². The third-order valence-corrected chi connectivity index (χ3v) is 4.38. The van der Waals surface area contributed by atoms with Crippen LogP contribution in [0.15, 0.2) is 60.9 Å². The van der Waals surface area contributed by atoms with Crippen molar-refractivity contribution < 1.29 is 32.6 Å². The molecule has 3 N–H and O–H groups in total. The number of carbonyl (C=O) groups is 2. The third-order valence-electron chi connectivity index (χ3n) is 4.38. The summed E-state index contributed by atoms with van der Waals surface area (Å²) in [5.41, 5.74) is 1.46. The number of anilines is 1. The van der Waals surface area contributed by atoms with E-state index >= 15 is 0 Å². The van der Waals surface area contributed by atoms with Crippen LogP contribution in [0.1, 0.15) is 20.7 Å². The third kappa shape index (κ3) is 4.51. The molecule has 4 aromatic rings. The van der Waals surface area contributed by atoms with Crippen LogP contribution in [0.4, 0.5) is 19.1 Å². The first kappa shape index (κ1) is 20.8. The topological polar surface area (TPSA) is 117 Å². The van der Waals surface area contributed by atoms with E-state index in [1.165, 1.54) is 36.7 Å². The van der Waals surface area contributed by atoms with E-state index in [1.54, 1.807) is 18.2 Å². The molecule has 8 nitrogen and oxygen atoms in total. The highest BCUT2D eigenvalue weighted by molar-refractivity contribution is 6.06. The van der Waals surface area contributed by atoms with Gasteiger partial charge in [0, 0.05) is 18.0 Å². The van der Waals surface area contributed by atoms with Crippen molar-refractivity contribution in [3.63, 3.8) is 0 Å². The van der Waals surface area contributed by atoms with E-state index < -0.39 is 24.0 Å². The van der Waals surface area contributed by atoms with Gasteiger partial charge in [0.05, 0.1) is 16.6 Å². The molecule has 1 amide bonds. The lowest BCUT2D eigenvalue weighted by molar-refractivity contribution is -0.274. The molecule has 162 valence electrons. The van der Waals surface area contributed by atoms with Crippen molar-refractivity contribution in [2.75, 3.05) is 5.32 Å². The molecule has 11 heteroatoms. The number of carbonyl (C=O) groups excluding carboxylic acids is 1. The number of imidazole rings is 1. The fraction of sp³-hybridized carbons (Fsp3) is 0.0476. The number of nitrogens with zero attached hydrogens (tertiary/aromatic N) is 2. The van der Waals surface area contributed by atoms with Crippen molar-refractivity contribution in [3.05, 3.63) is 72.1 Å². The fourth-order valence-corrected chi connectivity index (χ4v) is 3.04. The van der Waals surface area contributed by atoms with Gasteiger partial charge in [-0.3, -0.25) is 15.1 Å². The summed E-state index contributed by atoms with van der Waals surface area (Å²) in [5.74, 6) is -2.13. The smallest absolute Gasteiger partial charge is 0.478 e. The van der Waals surface area contributed by atoms with E-state index in [2.05, 4.69) is 25.0 Å². The van der Waals surface area contributed by atoms with Gasteiger partial charge in [0.15, 0.2) is 0 Å². The number of benzene rings is 2. The molecule has 0 saturated heterocycles. The number of ether oxygens (including phenoxy) is 1. The number of carboxylic acids is 1. The molecule has 0 aliphatic carbocycles. The Hall–Kier alpha value is -4.41. The SMILES string of the molecule is O=C(Nc1nc2c(C(=O)O)cccc2[nH]1)c1cncc(-c2cccc(OC(F)(F)F)c2)c1. The second-order valence-corrected chi connectivity index (χ2v) is 6.58. The summed E-state index contributed by atoms with van der Waals surface area (Å²) in [5, 5.41) is 11.8. The number of halogens is 3. The van der Waals surface area contributed by atoms with Crippen LogP contribution in [-0.2, 0) is 0 Å². The first-order valence-electron chi connectivity index (χ1n) is 9.04. The summed E-state index contributed by atoms with van der Waals surface area (Å²) in [6, 6.07) is 11.3. The molecular formula is C21H13F3N4O4. The first-order valence-corrected chi connectivity index (χ1v) is 9.04. The number of nitrogens with one attached hydrogen (secondary N) is 2. The van der Waals surface area contributed by atoms with Crippen molar-refractivity contribution in [2.24, 2.45) is 0 Å². The maximum Gasteiger partial charge on any atom is 0.573 e. The maximum atomic E-state index is 12.6. The lowest BCUT2D eigenvalue weighted by Crippen LogP contribution is -2.17. The summed E-state index contributed by atoms with van der Waals surface area (Å²) in [6.45, 7) is 0. The predicted octanol–water partition coefficient (Wildman–Crippen LogP) is 4.47. The van der Waals surface area contributed by atoms with E-state index in [9.17, 15) is 27.9 Å². The number of alkyl halides is 3. The molecule has 0 aliphatic heterocycles. The summed E-state index contributed by atoms with van der Waals surface area (Å²) < 4.78 is 41.3. The molecule has 32 heavy (non-hydrogen) atoms. The van der Waals surface area contributed by atoms with E-state index in [4.69, 9.17) is 0 Å². The number of rotatable bonds is 5. The Balaban J connectivity index is 1.58. The zero-order valence-corrected chi connectivity index (χ0v) is 16.0. The fourth-order valence-electron chi connectivity index (χ4n) is 3.04. The number of H-pyrrole nitrogens is 1. The van der Waals surface area contributed by atoms with Gasteiger partial charge in [-0.25, -0.2) is 9.78 Å². The predicted molar refractivity (Wildman–Crippen MR) is 107 cm³/mol. The molecule has 2 aromatic carbocycles. The molecule has 0 bridgehead atoms. The van der Waals surface area contributed by atoms with Crippen LogP contribution in [0.2, 0.25) is 0 Å². The molecule has 0 radical (unpaired) electrons. The van der Waals surface area contributed by atoms with E-state index in [0.29, 0.717) is 16.6 Å². The number of hydrogen-bond donors (Lipinski definition) is 3. The Morgan fingerprint density at radius 3 is 2.56 bits per heavy atom. The average molecular weight is 442 g/mol. The van der Waals surface area contributed by atoms with Crippen LogP contribution < -0.4 is 10.1 Å². The van der Waals surface area contributed by atoms with Gasteiger partial charge in [-0.2, -0.15) is 0 Å². The minimum Gasteiger partial charge on any atom is -0.478 e. The number of fused-ring (bicyclic) bond motifs is 1. The number of pyridine rings is 1. The second kappa shape index (κ2) is 8.02. The van der Waals surface area contributed by atoms with Crippen molar-refractivity contribution in [1.82, 2.24) is 15.0 Å². The van der Waals surface area contributed by atoms with Crippen LogP contribution in [0, 0.1) is 0 Å². The highest BCUT2D eigenvalue weighted by Gasteiger charge is 2.31. The summed E-state index contributed by atoms with van der Waals surface area (Å²) in [7, 11) is 0. The van der Waals surface area contributed by atoms with Gasteiger partial charge in [0.2, 0.25) is 5.95 Å². The van der Waals surface area contributed by atoms with Gasteiger partial charge in [-0.15, -0.1) is 13.2 Å². The van der Waals surface area contributed by atoms with Gasteiger partial charge < -0.3 is 14.8 Å². The van der Waals surface area contributed by atoms with Crippen LogP contribution in [0.3, 0.4) is 0 Å². The van der Waals surface area contributed by atoms with E-state index in [-0.39, 0.29) is 22.6 Å².